The zero-order chi connectivity index (χ0) is 13.0. The summed E-state index contributed by atoms with van der Waals surface area (Å²) in [7, 11) is 0. The van der Waals surface area contributed by atoms with E-state index in [2.05, 4.69) is 33.2 Å². The predicted octanol–water partition coefficient (Wildman–Crippen LogP) is 2.93. The zero-order valence-electron chi connectivity index (χ0n) is 9.94. The molecule has 0 spiro atoms. The molecule has 0 saturated carbocycles. The molecular formula is C13H13BrN2O2. The van der Waals surface area contributed by atoms with Crippen LogP contribution in [0.2, 0.25) is 0 Å². The lowest BCUT2D eigenvalue weighted by atomic mass is 10.1. The van der Waals surface area contributed by atoms with E-state index in [-0.39, 0.29) is 11.7 Å². The van der Waals surface area contributed by atoms with Crippen LogP contribution in [-0.4, -0.2) is 10.9 Å². The van der Waals surface area contributed by atoms with E-state index in [9.17, 15) is 4.79 Å². The number of amides is 1. The molecule has 1 N–H and O–H groups in total. The maximum absolute atomic E-state index is 11.8. The van der Waals surface area contributed by atoms with Gasteiger partial charge >= 0.3 is 0 Å². The van der Waals surface area contributed by atoms with Crippen molar-refractivity contribution in [2.75, 3.05) is 0 Å². The molecule has 2 aromatic rings. The van der Waals surface area contributed by atoms with Gasteiger partial charge in [0.1, 0.15) is 0 Å². The van der Waals surface area contributed by atoms with Crippen LogP contribution in [0.25, 0.3) is 0 Å². The van der Waals surface area contributed by atoms with Crippen molar-refractivity contribution in [2.24, 2.45) is 0 Å². The van der Waals surface area contributed by atoms with Gasteiger partial charge in [0, 0.05) is 6.20 Å². The summed E-state index contributed by atoms with van der Waals surface area (Å²) in [6, 6.07) is 7.22. The first-order valence-electron chi connectivity index (χ1n) is 5.67. The number of halogens is 1. The van der Waals surface area contributed by atoms with Crippen molar-refractivity contribution in [1.29, 1.82) is 0 Å². The molecule has 0 unspecified atom stereocenters. The number of aromatic nitrogens is 1. The number of pyridine rings is 1. The molecule has 94 valence electrons. The number of hydrogen-bond acceptors (Lipinski definition) is 3. The van der Waals surface area contributed by atoms with E-state index in [1.807, 2.05) is 12.1 Å². The van der Waals surface area contributed by atoms with Crippen LogP contribution < -0.4 is 5.32 Å². The summed E-state index contributed by atoms with van der Waals surface area (Å²) in [5, 5.41) is 2.79. The van der Waals surface area contributed by atoms with E-state index < -0.39 is 0 Å². The maximum Gasteiger partial charge on any atom is 0.287 e. The highest BCUT2D eigenvalue weighted by molar-refractivity contribution is 9.10. The molecule has 1 amide bonds. The van der Waals surface area contributed by atoms with Crippen molar-refractivity contribution in [3.05, 3.63) is 52.1 Å². The quantitative estimate of drug-likeness (QED) is 0.945. The SMILES string of the molecule is CCc1cccnc1CNC(=O)c1ccc(Br)o1. The Morgan fingerprint density at radius 1 is 1.44 bits per heavy atom. The van der Waals surface area contributed by atoms with Crippen LogP contribution in [0.15, 0.2) is 39.5 Å². The van der Waals surface area contributed by atoms with Gasteiger partial charge in [-0.15, -0.1) is 0 Å². The Labute approximate surface area is 114 Å². The first-order chi connectivity index (χ1) is 8.70. The number of hydrogen-bond donors (Lipinski definition) is 1. The van der Waals surface area contributed by atoms with Gasteiger partial charge in [0.05, 0.1) is 12.2 Å². The van der Waals surface area contributed by atoms with Crippen molar-refractivity contribution < 1.29 is 9.21 Å². The zero-order valence-corrected chi connectivity index (χ0v) is 11.5. The number of nitrogens with one attached hydrogen (secondary N) is 1. The minimum Gasteiger partial charge on any atom is -0.444 e. The van der Waals surface area contributed by atoms with Gasteiger partial charge in [-0.3, -0.25) is 9.78 Å². The van der Waals surface area contributed by atoms with Gasteiger partial charge in [-0.25, -0.2) is 0 Å². The first kappa shape index (κ1) is 12.8. The summed E-state index contributed by atoms with van der Waals surface area (Å²) < 4.78 is 5.72. The van der Waals surface area contributed by atoms with Crippen LogP contribution in [0.1, 0.15) is 28.7 Å². The lowest BCUT2D eigenvalue weighted by Crippen LogP contribution is -2.23. The van der Waals surface area contributed by atoms with Crippen molar-refractivity contribution in [2.45, 2.75) is 19.9 Å². The Morgan fingerprint density at radius 3 is 2.94 bits per heavy atom. The van der Waals surface area contributed by atoms with Crippen LogP contribution in [0.3, 0.4) is 0 Å². The number of carbonyl (C=O) groups is 1. The smallest absolute Gasteiger partial charge is 0.287 e. The molecule has 0 saturated heterocycles. The van der Waals surface area contributed by atoms with Gasteiger partial charge in [0.25, 0.3) is 5.91 Å². The molecule has 0 aromatic carbocycles. The van der Waals surface area contributed by atoms with Gasteiger partial charge in [-0.2, -0.15) is 0 Å². The molecule has 2 rings (SSSR count). The molecule has 0 fully saturated rings. The van der Waals surface area contributed by atoms with E-state index in [4.69, 9.17) is 4.42 Å². The highest BCUT2D eigenvalue weighted by atomic mass is 79.9. The standard InChI is InChI=1S/C13H13BrN2O2/c1-2-9-4-3-7-15-10(9)8-16-13(17)11-5-6-12(14)18-11/h3-7H,2,8H2,1H3,(H,16,17). The third-order valence-electron chi connectivity index (χ3n) is 2.58. The highest BCUT2D eigenvalue weighted by Crippen LogP contribution is 2.14. The monoisotopic (exact) mass is 308 g/mol. The topological polar surface area (TPSA) is 55.1 Å². The average molecular weight is 309 g/mol. The first-order valence-corrected chi connectivity index (χ1v) is 6.46. The van der Waals surface area contributed by atoms with Crippen molar-refractivity contribution in [3.63, 3.8) is 0 Å². The second-order valence-electron chi connectivity index (χ2n) is 3.75. The minimum atomic E-state index is -0.242. The molecule has 5 heteroatoms. The molecule has 0 bridgehead atoms. The predicted molar refractivity (Wildman–Crippen MR) is 71.2 cm³/mol. The lowest BCUT2D eigenvalue weighted by molar-refractivity contribution is 0.0921. The Hall–Kier alpha value is -1.62. The Bertz CT molecular complexity index is 551. The third kappa shape index (κ3) is 2.98. The van der Waals surface area contributed by atoms with Crippen LogP contribution in [-0.2, 0) is 13.0 Å². The highest BCUT2D eigenvalue weighted by Gasteiger charge is 2.10. The summed E-state index contributed by atoms with van der Waals surface area (Å²) in [6.45, 7) is 2.47. The van der Waals surface area contributed by atoms with Gasteiger partial charge in [0.2, 0.25) is 0 Å². The molecular weight excluding hydrogens is 296 g/mol. The van der Waals surface area contributed by atoms with Gasteiger partial charge in [-0.1, -0.05) is 13.0 Å². The number of furan rings is 1. The molecule has 2 heterocycles. The van der Waals surface area contributed by atoms with E-state index in [0.29, 0.717) is 11.2 Å². The molecule has 2 aromatic heterocycles. The number of rotatable bonds is 4. The molecule has 0 aliphatic carbocycles. The van der Waals surface area contributed by atoms with E-state index in [1.165, 1.54) is 0 Å². The molecule has 18 heavy (non-hydrogen) atoms. The normalized spacial score (nSPS) is 10.3. The fraction of sp³-hybridized carbons (Fsp3) is 0.231. The Morgan fingerprint density at radius 2 is 2.28 bits per heavy atom. The van der Waals surface area contributed by atoms with E-state index in [1.54, 1.807) is 18.3 Å². The Kier molecular flexibility index (Phi) is 4.15. The van der Waals surface area contributed by atoms with E-state index in [0.717, 1.165) is 17.7 Å². The number of nitrogens with zero attached hydrogens (tertiary/aromatic N) is 1. The maximum atomic E-state index is 11.8. The average Bonchev–Trinajstić information content (AvgIpc) is 2.83. The van der Waals surface area contributed by atoms with Gasteiger partial charge in [-0.05, 0) is 46.1 Å². The lowest BCUT2D eigenvalue weighted by Gasteiger charge is -2.07. The minimum absolute atomic E-state index is 0.242. The molecule has 0 atom stereocenters. The van der Waals surface area contributed by atoms with Crippen molar-refractivity contribution in [3.8, 4) is 0 Å². The van der Waals surface area contributed by atoms with Crippen molar-refractivity contribution >= 4 is 21.8 Å². The summed E-state index contributed by atoms with van der Waals surface area (Å²) >= 11 is 3.16. The largest absolute Gasteiger partial charge is 0.444 e. The summed E-state index contributed by atoms with van der Waals surface area (Å²) in [5.74, 6) is 0.0456. The van der Waals surface area contributed by atoms with Crippen molar-refractivity contribution in [1.82, 2.24) is 10.3 Å². The fourth-order valence-corrected chi connectivity index (χ4v) is 1.95. The third-order valence-corrected chi connectivity index (χ3v) is 3.01. The summed E-state index contributed by atoms with van der Waals surface area (Å²) in [4.78, 5) is 16.0. The molecule has 4 nitrogen and oxygen atoms in total. The summed E-state index contributed by atoms with van der Waals surface area (Å²) in [5.41, 5.74) is 2.03. The van der Waals surface area contributed by atoms with Crippen LogP contribution >= 0.6 is 15.9 Å². The van der Waals surface area contributed by atoms with Crippen LogP contribution in [0.4, 0.5) is 0 Å². The van der Waals surface area contributed by atoms with E-state index >= 15 is 0 Å². The van der Waals surface area contributed by atoms with Gasteiger partial charge in [0.15, 0.2) is 10.4 Å². The second kappa shape index (κ2) is 5.82. The molecule has 0 aliphatic heterocycles. The second-order valence-corrected chi connectivity index (χ2v) is 4.53. The number of aryl methyl sites for hydroxylation is 1. The molecule has 0 aliphatic rings. The van der Waals surface area contributed by atoms with Gasteiger partial charge < -0.3 is 9.73 Å². The fourth-order valence-electron chi connectivity index (χ4n) is 1.64. The van der Waals surface area contributed by atoms with Crippen LogP contribution in [0, 0.1) is 0 Å². The van der Waals surface area contributed by atoms with Crippen LogP contribution in [0.5, 0.6) is 0 Å². The Balaban J connectivity index is 2.01. The summed E-state index contributed by atoms with van der Waals surface area (Å²) in [6.07, 6.45) is 2.62. The molecule has 0 radical (unpaired) electrons. The number of carbonyl (C=O) groups excluding carboxylic acids is 1.